The molecule has 1 aliphatic carbocycles. The van der Waals surface area contributed by atoms with Gasteiger partial charge in [-0.05, 0) is 67.6 Å². The number of carbonyl (C=O) groups excluding carboxylic acids is 2. The van der Waals surface area contributed by atoms with Gasteiger partial charge in [-0.3, -0.25) is 9.59 Å². The van der Waals surface area contributed by atoms with Gasteiger partial charge >= 0.3 is 0 Å². The number of amides is 2. The molecule has 1 heterocycles. The van der Waals surface area contributed by atoms with Gasteiger partial charge in [0.1, 0.15) is 28.8 Å². The van der Waals surface area contributed by atoms with E-state index in [2.05, 4.69) is 21.7 Å². The van der Waals surface area contributed by atoms with Crippen molar-refractivity contribution in [2.45, 2.75) is 64.6 Å². The molecule has 8 heteroatoms. The zero-order valence-corrected chi connectivity index (χ0v) is 21.8. The summed E-state index contributed by atoms with van der Waals surface area (Å²) in [6.07, 6.45) is 3.99. The molecule has 1 fully saturated rings. The van der Waals surface area contributed by atoms with E-state index >= 15 is 0 Å². The molecular weight excluding hydrogens is 474 g/mol. The van der Waals surface area contributed by atoms with Crippen LogP contribution in [-0.4, -0.2) is 36.0 Å². The Morgan fingerprint density at radius 2 is 1.64 bits per heavy atom. The van der Waals surface area contributed by atoms with E-state index in [0.717, 1.165) is 58.9 Å². The molecule has 4 rings (SSSR count). The molecule has 0 spiro atoms. The Morgan fingerprint density at radius 1 is 0.972 bits per heavy atom. The third kappa shape index (κ3) is 7.07. The minimum absolute atomic E-state index is 0.0502. The summed E-state index contributed by atoms with van der Waals surface area (Å²) in [6.45, 7) is 4.38. The lowest BCUT2D eigenvalue weighted by Crippen LogP contribution is -2.53. The average Bonchev–Trinajstić information content (AvgIpc) is 3.33. The van der Waals surface area contributed by atoms with Gasteiger partial charge in [-0.15, -0.1) is 11.3 Å². The normalized spacial score (nSPS) is 17.3. The second-order valence-electron chi connectivity index (χ2n) is 9.30. The summed E-state index contributed by atoms with van der Waals surface area (Å²) in [5.74, 6) is 1.29. The molecule has 2 aromatic carbocycles. The van der Waals surface area contributed by atoms with Gasteiger partial charge in [-0.2, -0.15) is 0 Å². The number of ether oxygens (including phenoxy) is 2. The Hall–Kier alpha value is -3.39. The van der Waals surface area contributed by atoms with Crippen molar-refractivity contribution in [2.24, 2.45) is 0 Å². The van der Waals surface area contributed by atoms with Crippen LogP contribution in [0.25, 0.3) is 0 Å². The number of hydrogen-bond acceptors (Lipinski definition) is 6. The van der Waals surface area contributed by atoms with Crippen LogP contribution in [0.5, 0.6) is 11.5 Å². The third-order valence-electron chi connectivity index (χ3n) is 6.29. The monoisotopic (exact) mass is 507 g/mol. The minimum Gasteiger partial charge on any atom is -0.497 e. The van der Waals surface area contributed by atoms with Crippen molar-refractivity contribution in [3.63, 3.8) is 0 Å². The predicted molar refractivity (Wildman–Crippen MR) is 141 cm³/mol. The van der Waals surface area contributed by atoms with E-state index in [1.807, 2.05) is 50.2 Å². The zero-order chi connectivity index (χ0) is 25.5. The van der Waals surface area contributed by atoms with Crippen molar-refractivity contribution in [3.8, 4) is 11.5 Å². The smallest absolute Gasteiger partial charge is 0.271 e. The van der Waals surface area contributed by atoms with Crippen molar-refractivity contribution in [1.29, 1.82) is 0 Å². The highest BCUT2D eigenvalue weighted by Crippen LogP contribution is 2.21. The van der Waals surface area contributed by atoms with Crippen molar-refractivity contribution in [3.05, 3.63) is 75.2 Å². The first-order chi connectivity index (χ1) is 17.4. The number of hydrogen-bond donors (Lipinski definition) is 2. The lowest BCUT2D eigenvalue weighted by Gasteiger charge is -2.32. The van der Waals surface area contributed by atoms with E-state index in [4.69, 9.17) is 9.47 Å². The van der Waals surface area contributed by atoms with Gasteiger partial charge in [-0.1, -0.05) is 31.0 Å². The van der Waals surface area contributed by atoms with Crippen molar-refractivity contribution in [2.75, 3.05) is 7.11 Å². The van der Waals surface area contributed by atoms with Crippen molar-refractivity contribution < 1.29 is 19.1 Å². The van der Waals surface area contributed by atoms with Crippen LogP contribution in [0, 0.1) is 13.8 Å². The molecule has 1 aromatic heterocycles. The zero-order valence-electron chi connectivity index (χ0n) is 21.0. The van der Waals surface area contributed by atoms with E-state index in [0.29, 0.717) is 12.3 Å². The highest BCUT2D eigenvalue weighted by atomic mass is 32.1. The fraction of sp³-hybridized carbons (Fsp3) is 0.393. The van der Waals surface area contributed by atoms with Gasteiger partial charge in [0.05, 0.1) is 13.5 Å². The van der Waals surface area contributed by atoms with Crippen LogP contribution in [0.2, 0.25) is 0 Å². The molecule has 7 nitrogen and oxygen atoms in total. The molecule has 0 saturated heterocycles. The number of benzene rings is 2. The van der Waals surface area contributed by atoms with Crippen molar-refractivity contribution >= 4 is 23.2 Å². The van der Waals surface area contributed by atoms with Crippen molar-refractivity contribution in [1.82, 2.24) is 15.6 Å². The predicted octanol–water partition coefficient (Wildman–Crippen LogP) is 4.75. The molecule has 2 atom stereocenters. The topological polar surface area (TPSA) is 89.6 Å². The first-order valence-corrected chi connectivity index (χ1v) is 13.2. The van der Waals surface area contributed by atoms with Crippen LogP contribution < -0.4 is 20.1 Å². The fourth-order valence-corrected chi connectivity index (χ4v) is 5.23. The standard InChI is InChI=1S/C28H33N3O4S/c1-18-12-19(2)14-22(13-18)35-16-27-30-25(17-36-27)28(33)31-24-7-5-4-6-23(24)29-26(32)15-20-8-10-21(34-3)11-9-20/h8-14,17,23-24H,4-7,15-16H2,1-3H3,(H,29,32)(H,31,33)/t23-,24+/m1/s1. The molecular formula is C28H33N3O4S. The molecule has 0 bridgehead atoms. The number of rotatable bonds is 9. The quantitative estimate of drug-likeness (QED) is 0.436. The molecule has 1 aliphatic rings. The van der Waals surface area contributed by atoms with Gasteiger partial charge in [0.2, 0.25) is 5.91 Å². The lowest BCUT2D eigenvalue weighted by atomic mass is 9.90. The molecule has 36 heavy (non-hydrogen) atoms. The van der Waals surface area contributed by atoms with Crippen LogP contribution in [0.1, 0.15) is 57.9 Å². The second-order valence-corrected chi connectivity index (χ2v) is 10.2. The molecule has 0 radical (unpaired) electrons. The molecule has 0 aliphatic heterocycles. The third-order valence-corrected chi connectivity index (χ3v) is 7.12. The fourth-order valence-electron chi connectivity index (χ4n) is 4.55. The SMILES string of the molecule is COc1ccc(CC(=O)N[C@@H]2CCCC[C@@H]2NC(=O)c2csc(COc3cc(C)cc(C)c3)n2)cc1. The van der Waals surface area contributed by atoms with Gasteiger partial charge in [0.25, 0.3) is 5.91 Å². The minimum atomic E-state index is -0.217. The summed E-state index contributed by atoms with van der Waals surface area (Å²) in [4.78, 5) is 30.1. The maximum atomic E-state index is 12.9. The first kappa shape index (κ1) is 25.7. The number of aryl methyl sites for hydroxylation is 2. The summed E-state index contributed by atoms with van der Waals surface area (Å²) >= 11 is 1.41. The molecule has 2 amide bonds. The van der Waals surface area contributed by atoms with Gasteiger partial charge in [0.15, 0.2) is 0 Å². The van der Waals surface area contributed by atoms with E-state index in [1.165, 1.54) is 11.3 Å². The first-order valence-electron chi connectivity index (χ1n) is 12.3. The van der Waals surface area contributed by atoms with E-state index in [-0.39, 0.29) is 30.3 Å². The summed E-state index contributed by atoms with van der Waals surface area (Å²) in [5, 5.41) is 8.74. The lowest BCUT2D eigenvalue weighted by molar-refractivity contribution is -0.121. The van der Waals surface area contributed by atoms with Crippen LogP contribution in [0.4, 0.5) is 0 Å². The largest absolute Gasteiger partial charge is 0.497 e. The van der Waals surface area contributed by atoms with Crippen LogP contribution >= 0.6 is 11.3 Å². The maximum Gasteiger partial charge on any atom is 0.271 e. The van der Waals surface area contributed by atoms with E-state index < -0.39 is 0 Å². The number of nitrogens with one attached hydrogen (secondary N) is 2. The number of methoxy groups -OCH3 is 1. The summed E-state index contributed by atoms with van der Waals surface area (Å²) in [5.41, 5.74) is 3.58. The van der Waals surface area contributed by atoms with Crippen LogP contribution in [0.15, 0.2) is 47.8 Å². The Morgan fingerprint density at radius 3 is 2.31 bits per heavy atom. The second kappa shape index (κ2) is 12.0. The highest BCUT2D eigenvalue weighted by molar-refractivity contribution is 7.09. The number of carbonyl (C=O) groups is 2. The van der Waals surface area contributed by atoms with E-state index in [1.54, 1.807) is 12.5 Å². The highest BCUT2D eigenvalue weighted by Gasteiger charge is 2.28. The Kier molecular flexibility index (Phi) is 8.59. The van der Waals surface area contributed by atoms with Gasteiger partial charge in [0, 0.05) is 17.5 Å². The van der Waals surface area contributed by atoms with E-state index in [9.17, 15) is 9.59 Å². The molecule has 1 saturated carbocycles. The number of aromatic nitrogens is 1. The molecule has 2 N–H and O–H groups in total. The Labute approximate surface area is 216 Å². The van der Waals surface area contributed by atoms with Crippen LogP contribution in [0.3, 0.4) is 0 Å². The van der Waals surface area contributed by atoms with Gasteiger partial charge < -0.3 is 20.1 Å². The number of thiazole rings is 1. The maximum absolute atomic E-state index is 12.9. The Bertz CT molecular complexity index is 1170. The summed E-state index contributed by atoms with van der Waals surface area (Å²) < 4.78 is 11.1. The van der Waals surface area contributed by atoms with Crippen LogP contribution in [-0.2, 0) is 17.8 Å². The molecule has 190 valence electrons. The summed E-state index contributed by atoms with van der Waals surface area (Å²) in [6, 6.07) is 13.3. The van der Waals surface area contributed by atoms with Gasteiger partial charge in [-0.25, -0.2) is 4.98 Å². The number of nitrogens with zero attached hydrogens (tertiary/aromatic N) is 1. The molecule has 3 aromatic rings. The average molecular weight is 508 g/mol. The summed E-state index contributed by atoms with van der Waals surface area (Å²) in [7, 11) is 1.62. The molecule has 0 unspecified atom stereocenters. The Balaban J connectivity index is 1.31.